The Morgan fingerprint density at radius 3 is 1.56 bits per heavy atom. The predicted octanol–water partition coefficient (Wildman–Crippen LogP) is 3.74. The highest BCUT2D eigenvalue weighted by atomic mass is 32.2. The molecule has 0 fully saturated rings. The van der Waals surface area contributed by atoms with Crippen LogP contribution in [0.3, 0.4) is 0 Å². The standard InChI is InChI=1S/C30H34N12O2S/c1-18-8-4-6-10-23(18)34-29-38-25(36-27(31)40-29)16-42(20(3)21-12-14-22(15-13-21)45(33,43)44)17-26-37-28(32)41-30(39-26)35-24-11-7-5-9-19(24)2/h4-15,20H,16-17H2,1-3H3,(H2,33,43,44)(H3,31,34,36,38,40)(H3,32,35,37,39,41)/t20-/m0/s1. The molecule has 2 aromatic heterocycles. The lowest BCUT2D eigenvalue weighted by Gasteiger charge is -2.28. The smallest absolute Gasteiger partial charge is 0.238 e. The minimum absolute atomic E-state index is 0.0133. The van der Waals surface area contributed by atoms with Crippen molar-refractivity contribution in [3.05, 3.63) is 101 Å². The van der Waals surface area contributed by atoms with E-state index < -0.39 is 10.0 Å². The highest BCUT2D eigenvalue weighted by Gasteiger charge is 2.22. The topological polar surface area (TPSA) is 217 Å². The van der Waals surface area contributed by atoms with E-state index in [1.165, 1.54) is 12.1 Å². The number of nitrogens with two attached hydrogens (primary N) is 3. The third-order valence-electron chi connectivity index (χ3n) is 7.11. The van der Waals surface area contributed by atoms with Crippen LogP contribution < -0.4 is 27.2 Å². The third-order valence-corrected chi connectivity index (χ3v) is 8.04. The first kappa shape index (κ1) is 31.2. The summed E-state index contributed by atoms with van der Waals surface area (Å²) in [6.45, 7) is 6.32. The fourth-order valence-corrected chi connectivity index (χ4v) is 5.15. The maximum atomic E-state index is 11.8. The van der Waals surface area contributed by atoms with Crippen molar-refractivity contribution in [3.8, 4) is 0 Å². The van der Waals surface area contributed by atoms with E-state index in [2.05, 4.69) is 40.5 Å². The van der Waals surface area contributed by atoms with Crippen LogP contribution in [0.5, 0.6) is 0 Å². The normalized spacial score (nSPS) is 12.2. The third kappa shape index (κ3) is 8.03. The molecule has 0 aliphatic heterocycles. The highest BCUT2D eigenvalue weighted by molar-refractivity contribution is 7.89. The van der Waals surface area contributed by atoms with Crippen molar-refractivity contribution in [1.29, 1.82) is 0 Å². The molecule has 3 aromatic carbocycles. The number of para-hydroxylation sites is 2. The molecule has 232 valence electrons. The summed E-state index contributed by atoms with van der Waals surface area (Å²) >= 11 is 0. The van der Waals surface area contributed by atoms with Crippen LogP contribution in [0.15, 0.2) is 77.7 Å². The van der Waals surface area contributed by atoms with Gasteiger partial charge in [0.25, 0.3) is 0 Å². The molecule has 8 N–H and O–H groups in total. The van der Waals surface area contributed by atoms with Gasteiger partial charge in [-0.25, -0.2) is 13.6 Å². The van der Waals surface area contributed by atoms with Crippen LogP contribution in [0.4, 0.5) is 35.2 Å². The van der Waals surface area contributed by atoms with Gasteiger partial charge in [-0.15, -0.1) is 0 Å². The van der Waals surface area contributed by atoms with Crippen molar-refractivity contribution in [2.24, 2.45) is 5.14 Å². The molecular weight excluding hydrogens is 592 g/mol. The molecule has 0 saturated carbocycles. The molecule has 0 amide bonds. The van der Waals surface area contributed by atoms with Gasteiger partial charge in [0.15, 0.2) is 0 Å². The van der Waals surface area contributed by atoms with Crippen LogP contribution in [-0.4, -0.2) is 43.2 Å². The Kier molecular flexibility index (Phi) is 9.13. The minimum Gasteiger partial charge on any atom is -0.368 e. The summed E-state index contributed by atoms with van der Waals surface area (Å²) in [4.78, 5) is 28.6. The van der Waals surface area contributed by atoms with Gasteiger partial charge in [0.2, 0.25) is 33.8 Å². The van der Waals surface area contributed by atoms with Gasteiger partial charge < -0.3 is 22.1 Å². The number of aromatic nitrogens is 6. The molecule has 15 heteroatoms. The summed E-state index contributed by atoms with van der Waals surface area (Å²) in [5.74, 6) is 1.49. The van der Waals surface area contributed by atoms with E-state index in [1.54, 1.807) is 12.1 Å². The molecule has 0 unspecified atom stereocenters. The summed E-state index contributed by atoms with van der Waals surface area (Å²) in [7, 11) is -3.85. The van der Waals surface area contributed by atoms with Crippen molar-refractivity contribution in [3.63, 3.8) is 0 Å². The monoisotopic (exact) mass is 626 g/mol. The Bertz CT molecular complexity index is 1820. The zero-order valence-electron chi connectivity index (χ0n) is 25.0. The van der Waals surface area contributed by atoms with Gasteiger partial charge in [-0.2, -0.15) is 29.9 Å². The number of nitrogen functional groups attached to an aromatic ring is 2. The summed E-state index contributed by atoms with van der Waals surface area (Å²) in [5.41, 5.74) is 16.7. The SMILES string of the molecule is Cc1ccccc1Nc1nc(N)nc(CN(Cc2nc(N)nc(Nc3ccccc3C)n2)[C@@H](C)c2ccc(S(N)(=O)=O)cc2)n1. The molecule has 14 nitrogen and oxygen atoms in total. The number of nitrogens with zero attached hydrogens (tertiary/aromatic N) is 7. The molecule has 5 aromatic rings. The second-order valence-corrected chi connectivity index (χ2v) is 12.0. The lowest BCUT2D eigenvalue weighted by molar-refractivity contribution is 0.182. The van der Waals surface area contributed by atoms with Crippen molar-refractivity contribution in [2.45, 2.75) is 44.8 Å². The Hall–Kier alpha value is -5.25. The van der Waals surface area contributed by atoms with Crippen molar-refractivity contribution in [1.82, 2.24) is 34.8 Å². The van der Waals surface area contributed by atoms with E-state index >= 15 is 0 Å². The quantitative estimate of drug-likeness (QED) is 0.141. The lowest BCUT2D eigenvalue weighted by atomic mass is 10.1. The summed E-state index contributed by atoms with van der Waals surface area (Å²) in [6, 6.07) is 21.5. The number of primary sulfonamides is 1. The van der Waals surface area contributed by atoms with Crippen LogP contribution >= 0.6 is 0 Å². The van der Waals surface area contributed by atoms with E-state index in [1.807, 2.05) is 74.2 Å². The number of rotatable bonds is 11. The lowest BCUT2D eigenvalue weighted by Crippen LogP contribution is -2.29. The second kappa shape index (κ2) is 13.2. The van der Waals surface area contributed by atoms with Crippen molar-refractivity contribution < 1.29 is 8.42 Å². The molecule has 2 heterocycles. The molecule has 0 aliphatic rings. The molecule has 1 atom stereocenters. The van der Waals surface area contributed by atoms with E-state index in [0.717, 1.165) is 28.1 Å². The Morgan fingerprint density at radius 2 is 1.13 bits per heavy atom. The van der Waals surface area contributed by atoms with E-state index in [0.29, 0.717) is 23.5 Å². The second-order valence-electron chi connectivity index (χ2n) is 10.4. The molecule has 45 heavy (non-hydrogen) atoms. The summed E-state index contributed by atoms with van der Waals surface area (Å²) in [5, 5.41) is 11.7. The maximum Gasteiger partial charge on any atom is 0.238 e. The van der Waals surface area contributed by atoms with Crippen LogP contribution in [0, 0.1) is 13.8 Å². The van der Waals surface area contributed by atoms with Gasteiger partial charge in [0.1, 0.15) is 11.6 Å². The van der Waals surface area contributed by atoms with Crippen molar-refractivity contribution >= 4 is 45.2 Å². The fourth-order valence-electron chi connectivity index (χ4n) is 4.64. The largest absolute Gasteiger partial charge is 0.368 e. The molecule has 0 saturated heterocycles. The summed E-state index contributed by atoms with van der Waals surface area (Å²) in [6.07, 6.45) is 0. The molecule has 0 bridgehead atoms. The molecule has 5 rings (SSSR count). The van der Waals surface area contributed by atoms with Crippen LogP contribution in [0.1, 0.15) is 41.3 Å². The number of aryl methyl sites for hydroxylation is 2. The number of sulfonamides is 1. The number of hydrogen-bond acceptors (Lipinski definition) is 13. The van der Waals surface area contributed by atoms with Gasteiger partial charge in [0, 0.05) is 17.4 Å². The van der Waals surface area contributed by atoms with E-state index in [4.69, 9.17) is 16.6 Å². The van der Waals surface area contributed by atoms with E-state index in [9.17, 15) is 8.42 Å². The van der Waals surface area contributed by atoms with Gasteiger partial charge in [-0.3, -0.25) is 4.90 Å². The zero-order valence-corrected chi connectivity index (χ0v) is 25.8. The molecule has 0 aliphatic carbocycles. The average molecular weight is 627 g/mol. The summed E-state index contributed by atoms with van der Waals surface area (Å²) < 4.78 is 23.7. The predicted molar refractivity (Wildman–Crippen MR) is 173 cm³/mol. The van der Waals surface area contributed by atoms with Crippen molar-refractivity contribution in [2.75, 3.05) is 22.1 Å². The Balaban J connectivity index is 1.47. The van der Waals surface area contributed by atoms with Gasteiger partial charge in [0.05, 0.1) is 18.0 Å². The molecule has 0 radical (unpaired) electrons. The first-order chi connectivity index (χ1) is 21.4. The highest BCUT2D eigenvalue weighted by Crippen LogP contribution is 2.26. The number of hydrogen-bond donors (Lipinski definition) is 5. The van der Waals surface area contributed by atoms with Gasteiger partial charge >= 0.3 is 0 Å². The number of nitrogens with one attached hydrogen (secondary N) is 2. The van der Waals surface area contributed by atoms with E-state index in [-0.39, 0.29) is 35.9 Å². The molecular formula is C30H34N12O2S. The number of benzene rings is 3. The van der Waals surface area contributed by atoms with Gasteiger partial charge in [-0.1, -0.05) is 48.5 Å². The Morgan fingerprint density at radius 1 is 0.689 bits per heavy atom. The molecule has 0 spiro atoms. The Labute approximate surface area is 261 Å². The first-order valence-electron chi connectivity index (χ1n) is 14.0. The number of anilines is 6. The van der Waals surface area contributed by atoms with Crippen LogP contribution in [0.2, 0.25) is 0 Å². The maximum absolute atomic E-state index is 11.8. The zero-order chi connectivity index (χ0) is 32.1. The minimum atomic E-state index is -3.85. The van der Waals surface area contributed by atoms with Crippen LogP contribution in [-0.2, 0) is 23.1 Å². The van der Waals surface area contributed by atoms with Crippen LogP contribution in [0.25, 0.3) is 0 Å². The van der Waals surface area contributed by atoms with Gasteiger partial charge in [-0.05, 0) is 61.7 Å². The first-order valence-corrected chi connectivity index (χ1v) is 15.5. The fraction of sp³-hybridized carbons (Fsp3) is 0.200. The average Bonchev–Trinajstić information content (AvgIpc) is 2.98.